The molecule has 0 fully saturated rings. The van der Waals surface area contributed by atoms with Crippen LogP contribution in [0.3, 0.4) is 0 Å². The first-order valence-electron chi connectivity index (χ1n) is 6.94. The van der Waals surface area contributed by atoms with Crippen LogP contribution in [-0.2, 0) is 6.42 Å². The Morgan fingerprint density at radius 2 is 2.00 bits per heavy atom. The lowest BCUT2D eigenvalue weighted by Gasteiger charge is -2.20. The maximum absolute atomic E-state index is 13.8. The fourth-order valence-electron chi connectivity index (χ4n) is 2.88. The summed E-state index contributed by atoms with van der Waals surface area (Å²) in [6.07, 6.45) is 2.00. The van der Waals surface area contributed by atoms with Crippen LogP contribution in [0.1, 0.15) is 12.0 Å². The molecule has 0 amide bonds. The van der Waals surface area contributed by atoms with Crippen molar-refractivity contribution in [3.05, 3.63) is 47.5 Å². The third-order valence-electron chi connectivity index (χ3n) is 3.90. The van der Waals surface area contributed by atoms with Crippen LogP contribution in [0, 0.1) is 11.6 Å². The van der Waals surface area contributed by atoms with Crippen LogP contribution >= 0.6 is 0 Å². The Kier molecular flexibility index (Phi) is 2.67. The van der Waals surface area contributed by atoms with Crippen molar-refractivity contribution in [2.75, 3.05) is 11.9 Å². The second-order valence-corrected chi connectivity index (χ2v) is 5.20. The van der Waals surface area contributed by atoms with E-state index in [0.717, 1.165) is 36.7 Å². The van der Waals surface area contributed by atoms with Gasteiger partial charge < -0.3 is 10.3 Å². The van der Waals surface area contributed by atoms with Crippen LogP contribution in [0.2, 0.25) is 0 Å². The summed E-state index contributed by atoms with van der Waals surface area (Å²) in [4.78, 5) is 7.34. The van der Waals surface area contributed by atoms with E-state index in [2.05, 4.69) is 15.3 Å². The van der Waals surface area contributed by atoms with E-state index in [-0.39, 0.29) is 5.52 Å². The SMILES string of the molecule is Fc1ccc2[nH]c(-c3cccc4c3CCCN4)nc2c1F. The summed E-state index contributed by atoms with van der Waals surface area (Å²) in [6, 6.07) is 8.55. The van der Waals surface area contributed by atoms with Crippen LogP contribution in [0.5, 0.6) is 0 Å². The van der Waals surface area contributed by atoms with E-state index in [1.807, 2.05) is 18.2 Å². The largest absolute Gasteiger partial charge is 0.385 e. The number of nitrogens with zero attached hydrogens (tertiary/aromatic N) is 1. The van der Waals surface area contributed by atoms with Gasteiger partial charge >= 0.3 is 0 Å². The van der Waals surface area contributed by atoms with E-state index in [1.165, 1.54) is 11.6 Å². The number of rotatable bonds is 1. The smallest absolute Gasteiger partial charge is 0.186 e. The molecule has 3 aromatic rings. The normalized spacial score (nSPS) is 14.0. The standard InChI is InChI=1S/C16H13F2N3/c17-11-6-7-13-15(14(11)18)21-16(20-13)10-3-1-5-12-9(10)4-2-8-19-12/h1,3,5-7,19H,2,4,8H2,(H,20,21). The summed E-state index contributed by atoms with van der Waals surface area (Å²) < 4.78 is 27.1. The van der Waals surface area contributed by atoms with Crippen LogP contribution < -0.4 is 5.32 Å². The number of halogens is 2. The van der Waals surface area contributed by atoms with Gasteiger partial charge in [-0.1, -0.05) is 12.1 Å². The van der Waals surface area contributed by atoms with Gasteiger partial charge in [0, 0.05) is 17.8 Å². The third-order valence-corrected chi connectivity index (χ3v) is 3.90. The lowest BCUT2D eigenvalue weighted by Crippen LogP contribution is -2.12. The lowest BCUT2D eigenvalue weighted by atomic mass is 9.97. The number of benzene rings is 2. The van der Waals surface area contributed by atoms with Gasteiger partial charge in [0.1, 0.15) is 11.3 Å². The molecular formula is C16H13F2N3. The van der Waals surface area contributed by atoms with Gasteiger partial charge in [0.2, 0.25) is 0 Å². The zero-order valence-corrected chi connectivity index (χ0v) is 11.2. The highest BCUT2D eigenvalue weighted by molar-refractivity contribution is 5.82. The number of fused-ring (bicyclic) bond motifs is 2. The number of imidazole rings is 1. The summed E-state index contributed by atoms with van der Waals surface area (Å²) in [5.74, 6) is -1.20. The minimum atomic E-state index is -0.905. The van der Waals surface area contributed by atoms with Gasteiger partial charge in [0.15, 0.2) is 11.6 Å². The number of H-pyrrole nitrogens is 1. The zero-order chi connectivity index (χ0) is 14.4. The predicted octanol–water partition coefficient (Wildman–Crippen LogP) is 3.87. The molecule has 3 nitrogen and oxygen atoms in total. The van der Waals surface area contributed by atoms with E-state index in [9.17, 15) is 8.78 Å². The molecule has 4 rings (SSSR count). The van der Waals surface area contributed by atoms with Crippen LogP contribution in [0.15, 0.2) is 30.3 Å². The first kappa shape index (κ1) is 12.3. The Morgan fingerprint density at radius 1 is 1.10 bits per heavy atom. The number of aromatic nitrogens is 2. The molecule has 0 unspecified atom stereocenters. The van der Waals surface area contributed by atoms with Crippen molar-refractivity contribution in [1.29, 1.82) is 0 Å². The van der Waals surface area contributed by atoms with Crippen molar-refractivity contribution < 1.29 is 8.78 Å². The van der Waals surface area contributed by atoms with Gasteiger partial charge in [-0.2, -0.15) is 0 Å². The highest BCUT2D eigenvalue weighted by Crippen LogP contribution is 2.32. The minimum Gasteiger partial charge on any atom is -0.385 e. The van der Waals surface area contributed by atoms with Crippen LogP contribution in [-0.4, -0.2) is 16.5 Å². The summed E-state index contributed by atoms with van der Waals surface area (Å²) in [7, 11) is 0. The number of hydrogen-bond acceptors (Lipinski definition) is 2. The van der Waals surface area contributed by atoms with Crippen LogP contribution in [0.25, 0.3) is 22.4 Å². The van der Waals surface area contributed by atoms with Crippen molar-refractivity contribution in [2.45, 2.75) is 12.8 Å². The van der Waals surface area contributed by atoms with Gasteiger partial charge in [0.25, 0.3) is 0 Å². The zero-order valence-electron chi connectivity index (χ0n) is 11.2. The molecule has 0 bridgehead atoms. The first-order chi connectivity index (χ1) is 10.2. The molecule has 0 aliphatic carbocycles. The highest BCUT2D eigenvalue weighted by atomic mass is 19.2. The molecule has 0 radical (unpaired) electrons. The average molecular weight is 285 g/mol. The Balaban J connectivity index is 1.93. The van der Waals surface area contributed by atoms with E-state index >= 15 is 0 Å². The molecule has 21 heavy (non-hydrogen) atoms. The summed E-state index contributed by atoms with van der Waals surface area (Å²) >= 11 is 0. The van der Waals surface area contributed by atoms with Gasteiger partial charge in [0.05, 0.1) is 5.52 Å². The Labute approximate surface area is 120 Å². The molecule has 1 aliphatic rings. The second-order valence-electron chi connectivity index (χ2n) is 5.20. The van der Waals surface area contributed by atoms with E-state index < -0.39 is 11.6 Å². The number of aromatic amines is 1. The maximum atomic E-state index is 13.8. The fourth-order valence-corrected chi connectivity index (χ4v) is 2.88. The lowest BCUT2D eigenvalue weighted by molar-refractivity contribution is 0.515. The van der Waals surface area contributed by atoms with Gasteiger partial charge in [-0.25, -0.2) is 13.8 Å². The quantitative estimate of drug-likeness (QED) is 0.712. The molecule has 2 heterocycles. The van der Waals surface area contributed by atoms with E-state index in [4.69, 9.17) is 0 Å². The van der Waals surface area contributed by atoms with E-state index in [1.54, 1.807) is 0 Å². The monoisotopic (exact) mass is 285 g/mol. The maximum Gasteiger partial charge on any atom is 0.186 e. The first-order valence-corrected chi connectivity index (χ1v) is 6.94. The topological polar surface area (TPSA) is 40.7 Å². The summed E-state index contributed by atoms with van der Waals surface area (Å²) in [5.41, 5.74) is 3.75. The Hall–Kier alpha value is -2.43. The van der Waals surface area contributed by atoms with Crippen molar-refractivity contribution >= 4 is 16.7 Å². The summed E-state index contributed by atoms with van der Waals surface area (Å²) in [5, 5.41) is 3.35. The van der Waals surface area contributed by atoms with Crippen molar-refractivity contribution in [3.63, 3.8) is 0 Å². The van der Waals surface area contributed by atoms with Crippen molar-refractivity contribution in [1.82, 2.24) is 9.97 Å². The second kappa shape index (κ2) is 4.55. The third kappa shape index (κ3) is 1.88. The number of nitrogens with one attached hydrogen (secondary N) is 2. The molecule has 2 N–H and O–H groups in total. The molecule has 106 valence electrons. The molecule has 0 spiro atoms. The molecule has 0 atom stereocenters. The molecule has 1 aromatic heterocycles. The van der Waals surface area contributed by atoms with Gasteiger partial charge in [-0.05, 0) is 36.6 Å². The molecule has 1 aliphatic heterocycles. The number of hydrogen-bond donors (Lipinski definition) is 2. The molecular weight excluding hydrogens is 272 g/mol. The summed E-state index contributed by atoms with van der Waals surface area (Å²) in [6.45, 7) is 0.955. The highest BCUT2D eigenvalue weighted by Gasteiger charge is 2.18. The molecule has 5 heteroatoms. The average Bonchev–Trinajstić information content (AvgIpc) is 2.95. The molecule has 2 aromatic carbocycles. The molecule has 0 saturated heterocycles. The predicted molar refractivity (Wildman–Crippen MR) is 78.3 cm³/mol. The fraction of sp³-hybridized carbons (Fsp3) is 0.188. The van der Waals surface area contributed by atoms with Gasteiger partial charge in [-0.3, -0.25) is 0 Å². The minimum absolute atomic E-state index is 0.0476. The van der Waals surface area contributed by atoms with E-state index in [0.29, 0.717) is 11.3 Å². The Morgan fingerprint density at radius 3 is 2.90 bits per heavy atom. The van der Waals surface area contributed by atoms with Crippen LogP contribution in [0.4, 0.5) is 14.5 Å². The van der Waals surface area contributed by atoms with Crippen molar-refractivity contribution in [2.24, 2.45) is 0 Å². The Bertz CT molecular complexity index is 839. The van der Waals surface area contributed by atoms with Gasteiger partial charge in [-0.15, -0.1) is 0 Å². The molecule has 0 saturated carbocycles. The van der Waals surface area contributed by atoms with Crippen molar-refractivity contribution in [3.8, 4) is 11.4 Å². The number of anilines is 1.